The highest BCUT2D eigenvalue weighted by Crippen LogP contribution is 2.62. The van der Waals surface area contributed by atoms with Crippen LogP contribution in [0.25, 0.3) is 0 Å². The van der Waals surface area contributed by atoms with Gasteiger partial charge in [-0.1, -0.05) is 12.5 Å². The second-order valence-electron chi connectivity index (χ2n) is 8.33. The molecule has 4 aliphatic rings. The first-order chi connectivity index (χ1) is 10.0. The zero-order valence-corrected chi connectivity index (χ0v) is 13.4. The van der Waals surface area contributed by atoms with Crippen molar-refractivity contribution in [3.8, 4) is 0 Å². The van der Waals surface area contributed by atoms with Crippen LogP contribution < -0.4 is 0 Å². The van der Waals surface area contributed by atoms with Crippen LogP contribution in [0.3, 0.4) is 0 Å². The minimum absolute atomic E-state index is 0.0740. The molecule has 0 heterocycles. The smallest absolute Gasteiger partial charge is 0.158 e. The summed E-state index contributed by atoms with van der Waals surface area (Å²) in [5, 5.41) is 10.4. The van der Waals surface area contributed by atoms with Crippen molar-refractivity contribution in [2.75, 3.05) is 0 Å². The quantitative estimate of drug-likeness (QED) is 0.734. The van der Waals surface area contributed by atoms with E-state index in [1.165, 1.54) is 31.3 Å². The van der Waals surface area contributed by atoms with Crippen LogP contribution in [-0.4, -0.2) is 17.0 Å². The molecular weight excluding hydrogens is 260 g/mol. The summed E-state index contributed by atoms with van der Waals surface area (Å²) in [7, 11) is 0. The molecule has 0 bridgehead atoms. The number of carbonyl (C=O) groups is 1. The van der Waals surface area contributed by atoms with Gasteiger partial charge in [-0.2, -0.15) is 0 Å². The van der Waals surface area contributed by atoms with Gasteiger partial charge in [-0.25, -0.2) is 0 Å². The summed E-state index contributed by atoms with van der Waals surface area (Å²) in [4.78, 5) is 12.0. The highest BCUT2D eigenvalue weighted by molar-refractivity contribution is 5.96. The molecule has 0 amide bonds. The monoisotopic (exact) mass is 288 g/mol. The molecule has 1 N–H and O–H groups in total. The minimum Gasteiger partial charge on any atom is -0.393 e. The Bertz CT molecular complexity index is 506. The van der Waals surface area contributed by atoms with Gasteiger partial charge < -0.3 is 5.11 Å². The third-order valence-electron chi connectivity index (χ3n) is 7.74. The molecule has 0 saturated heterocycles. The fourth-order valence-corrected chi connectivity index (χ4v) is 6.48. The number of fused-ring (bicyclic) bond motifs is 5. The molecule has 3 fully saturated rings. The molecule has 0 aromatic rings. The summed E-state index contributed by atoms with van der Waals surface area (Å²) in [6, 6.07) is 0. The van der Waals surface area contributed by atoms with E-state index in [0.717, 1.165) is 49.0 Å². The molecule has 3 saturated carbocycles. The largest absolute Gasteiger partial charge is 0.393 e. The van der Waals surface area contributed by atoms with Crippen molar-refractivity contribution >= 4 is 5.78 Å². The molecule has 2 heteroatoms. The van der Waals surface area contributed by atoms with Gasteiger partial charge in [0.05, 0.1) is 6.10 Å². The molecular formula is C19H28O2. The highest BCUT2D eigenvalue weighted by atomic mass is 16.3. The first-order valence-corrected chi connectivity index (χ1v) is 8.93. The lowest BCUT2D eigenvalue weighted by Gasteiger charge is -2.53. The summed E-state index contributed by atoms with van der Waals surface area (Å²) in [6.07, 6.45) is 8.89. The van der Waals surface area contributed by atoms with E-state index in [0.29, 0.717) is 11.7 Å². The van der Waals surface area contributed by atoms with Crippen LogP contribution in [-0.2, 0) is 4.79 Å². The number of aliphatic hydroxyl groups is 1. The van der Waals surface area contributed by atoms with Gasteiger partial charge in [0.2, 0.25) is 0 Å². The Kier molecular flexibility index (Phi) is 3.12. The average molecular weight is 288 g/mol. The Morgan fingerprint density at radius 1 is 1.05 bits per heavy atom. The number of rotatable bonds is 0. The molecule has 2 nitrogen and oxygen atoms in total. The van der Waals surface area contributed by atoms with Crippen molar-refractivity contribution in [2.24, 2.45) is 29.1 Å². The number of hydrogen-bond acceptors (Lipinski definition) is 2. The van der Waals surface area contributed by atoms with Crippen LogP contribution in [0.1, 0.15) is 65.2 Å². The number of ketones is 1. The predicted octanol–water partition coefficient (Wildman–Crippen LogP) is 3.88. The lowest BCUT2D eigenvalue weighted by Crippen LogP contribution is -2.47. The molecule has 0 aromatic carbocycles. The summed E-state index contributed by atoms with van der Waals surface area (Å²) < 4.78 is 0. The maximum Gasteiger partial charge on any atom is 0.158 e. The second kappa shape index (κ2) is 4.68. The van der Waals surface area contributed by atoms with Gasteiger partial charge >= 0.3 is 0 Å². The van der Waals surface area contributed by atoms with Crippen molar-refractivity contribution < 1.29 is 9.90 Å². The number of allylic oxidation sites excluding steroid dienone is 1. The van der Waals surface area contributed by atoms with Crippen LogP contribution in [0, 0.1) is 29.1 Å². The van der Waals surface area contributed by atoms with E-state index >= 15 is 0 Å². The van der Waals surface area contributed by atoms with Gasteiger partial charge in [0.25, 0.3) is 0 Å². The molecule has 0 aromatic heterocycles. The first-order valence-electron chi connectivity index (χ1n) is 8.93. The summed E-state index contributed by atoms with van der Waals surface area (Å²) in [5.74, 6) is 3.40. The van der Waals surface area contributed by atoms with Gasteiger partial charge in [-0.15, -0.1) is 0 Å². The van der Waals surface area contributed by atoms with E-state index in [2.05, 4.69) is 13.8 Å². The van der Waals surface area contributed by atoms with Gasteiger partial charge in [0, 0.05) is 6.42 Å². The van der Waals surface area contributed by atoms with Crippen molar-refractivity contribution in [1.29, 1.82) is 0 Å². The van der Waals surface area contributed by atoms with Crippen molar-refractivity contribution in [2.45, 2.75) is 71.3 Å². The lowest BCUT2D eigenvalue weighted by molar-refractivity contribution is -0.117. The van der Waals surface area contributed by atoms with Crippen LogP contribution in [0.4, 0.5) is 0 Å². The predicted molar refractivity (Wildman–Crippen MR) is 82.7 cm³/mol. The normalized spacial score (nSPS) is 49.7. The molecule has 0 radical (unpaired) electrons. The molecule has 116 valence electrons. The van der Waals surface area contributed by atoms with Gasteiger partial charge in [0.15, 0.2) is 5.78 Å². The lowest BCUT2D eigenvalue weighted by atomic mass is 9.52. The van der Waals surface area contributed by atoms with E-state index in [9.17, 15) is 9.90 Å². The third-order valence-corrected chi connectivity index (χ3v) is 7.74. The van der Waals surface area contributed by atoms with Gasteiger partial charge in [0.1, 0.15) is 0 Å². The van der Waals surface area contributed by atoms with E-state index in [1.807, 2.05) is 0 Å². The fraction of sp³-hybridized carbons (Fsp3) is 0.842. The summed E-state index contributed by atoms with van der Waals surface area (Å²) in [5.41, 5.74) is 2.79. The molecule has 0 aliphatic heterocycles. The fourth-order valence-electron chi connectivity index (χ4n) is 6.48. The number of aliphatic hydroxyl groups excluding tert-OH is 1. The number of Topliss-reactive ketones (excluding diaryl/α,β-unsaturated/α-hetero) is 1. The Morgan fingerprint density at radius 3 is 2.67 bits per heavy atom. The highest BCUT2D eigenvalue weighted by Gasteiger charge is 2.56. The standard InChI is InChI=1S/C19H28O2/c1-11-12-3-4-15-14(13(12)5-7-17(11)20)9-10-19(2)16(15)6-8-18(19)21/h13-16,18,21H,3-10H2,1-2H3/t13-,14+,15+,16+,18+,19-/m0/s1. The Labute approximate surface area is 128 Å². The Morgan fingerprint density at radius 2 is 1.86 bits per heavy atom. The van der Waals surface area contributed by atoms with Gasteiger partial charge in [-0.3, -0.25) is 4.79 Å². The Balaban J connectivity index is 1.66. The first kappa shape index (κ1) is 14.0. The van der Waals surface area contributed by atoms with Crippen LogP contribution in [0.2, 0.25) is 0 Å². The van der Waals surface area contributed by atoms with Crippen LogP contribution in [0.15, 0.2) is 11.1 Å². The van der Waals surface area contributed by atoms with E-state index in [4.69, 9.17) is 0 Å². The second-order valence-corrected chi connectivity index (χ2v) is 8.33. The van der Waals surface area contributed by atoms with Crippen LogP contribution in [0.5, 0.6) is 0 Å². The maximum absolute atomic E-state index is 12.0. The Hall–Kier alpha value is -0.630. The zero-order chi connectivity index (χ0) is 14.8. The molecule has 0 unspecified atom stereocenters. The summed E-state index contributed by atoms with van der Waals surface area (Å²) in [6.45, 7) is 4.41. The average Bonchev–Trinajstić information content (AvgIpc) is 2.78. The van der Waals surface area contributed by atoms with Crippen LogP contribution >= 0.6 is 0 Å². The molecule has 4 aliphatic carbocycles. The molecule has 0 spiro atoms. The molecule has 6 atom stereocenters. The number of hydrogen-bond donors (Lipinski definition) is 1. The SMILES string of the molecule is CC1=C2CC[C@@H]3[C@H](CC[C@]4(C)[C@H](O)CC[C@H]34)[C@H]2CCC1=O. The minimum atomic E-state index is -0.0740. The van der Waals surface area contributed by atoms with E-state index < -0.39 is 0 Å². The molecule has 4 rings (SSSR count). The van der Waals surface area contributed by atoms with Crippen molar-refractivity contribution in [1.82, 2.24) is 0 Å². The van der Waals surface area contributed by atoms with E-state index in [-0.39, 0.29) is 11.5 Å². The van der Waals surface area contributed by atoms with Crippen molar-refractivity contribution in [3.63, 3.8) is 0 Å². The van der Waals surface area contributed by atoms with E-state index in [1.54, 1.807) is 0 Å². The van der Waals surface area contributed by atoms with Crippen molar-refractivity contribution in [3.05, 3.63) is 11.1 Å². The number of carbonyl (C=O) groups excluding carboxylic acids is 1. The summed E-state index contributed by atoms with van der Waals surface area (Å²) >= 11 is 0. The maximum atomic E-state index is 12.0. The zero-order valence-electron chi connectivity index (χ0n) is 13.4. The van der Waals surface area contributed by atoms with Gasteiger partial charge in [-0.05, 0) is 86.5 Å². The topological polar surface area (TPSA) is 37.3 Å². The third kappa shape index (κ3) is 1.84. The molecule has 21 heavy (non-hydrogen) atoms.